The fourth-order valence-corrected chi connectivity index (χ4v) is 2.08. The monoisotopic (exact) mass is 307 g/mol. The number of halogens is 3. The van der Waals surface area contributed by atoms with Gasteiger partial charge in [0.05, 0.1) is 6.33 Å². The highest BCUT2D eigenvalue weighted by atomic mass is 19.4. The van der Waals surface area contributed by atoms with Gasteiger partial charge in [-0.2, -0.15) is 18.2 Å². The van der Waals surface area contributed by atoms with Crippen LogP contribution in [0.2, 0.25) is 0 Å². The van der Waals surface area contributed by atoms with Gasteiger partial charge in [-0.05, 0) is 25.1 Å². The predicted molar refractivity (Wildman–Crippen MR) is 74.7 cm³/mol. The zero-order chi connectivity index (χ0) is 15.7. The van der Waals surface area contributed by atoms with Crippen LogP contribution in [0.25, 0.3) is 11.2 Å². The highest BCUT2D eigenvalue weighted by molar-refractivity contribution is 5.73. The van der Waals surface area contributed by atoms with E-state index >= 15 is 0 Å². The number of rotatable bonds is 3. The van der Waals surface area contributed by atoms with Gasteiger partial charge in [0.1, 0.15) is 16.8 Å². The lowest BCUT2D eigenvalue weighted by Gasteiger charge is -2.13. The molecule has 0 unspecified atom stereocenters. The van der Waals surface area contributed by atoms with Crippen molar-refractivity contribution in [1.29, 1.82) is 0 Å². The molecular formula is C15H12F3N3O. The van der Waals surface area contributed by atoms with Crippen molar-refractivity contribution in [3.63, 3.8) is 0 Å². The molecule has 0 saturated heterocycles. The second-order valence-corrected chi connectivity index (χ2v) is 4.63. The van der Waals surface area contributed by atoms with Gasteiger partial charge in [0.2, 0.25) is 5.88 Å². The summed E-state index contributed by atoms with van der Waals surface area (Å²) in [4.78, 5) is 7.98. The van der Waals surface area contributed by atoms with Crippen molar-refractivity contribution >= 4 is 11.2 Å². The van der Waals surface area contributed by atoms with Crippen molar-refractivity contribution in [2.24, 2.45) is 0 Å². The van der Waals surface area contributed by atoms with E-state index in [-0.39, 0.29) is 5.52 Å². The van der Waals surface area contributed by atoms with Gasteiger partial charge in [0.15, 0.2) is 5.65 Å². The van der Waals surface area contributed by atoms with E-state index in [1.54, 1.807) is 34.9 Å². The number of aryl methyl sites for hydroxylation is 1. The van der Waals surface area contributed by atoms with E-state index in [4.69, 9.17) is 4.74 Å². The van der Waals surface area contributed by atoms with Crippen LogP contribution in [-0.4, -0.2) is 14.5 Å². The van der Waals surface area contributed by atoms with Gasteiger partial charge in [0, 0.05) is 6.54 Å². The molecule has 2 heterocycles. The Bertz CT molecular complexity index is 797. The van der Waals surface area contributed by atoms with Gasteiger partial charge in [-0.1, -0.05) is 18.2 Å². The smallest absolute Gasteiger partial charge is 0.421 e. The molecule has 22 heavy (non-hydrogen) atoms. The van der Waals surface area contributed by atoms with Crippen molar-refractivity contribution in [3.8, 4) is 11.6 Å². The number of para-hydroxylation sites is 1. The number of ether oxygens (including phenoxy) is 1. The van der Waals surface area contributed by atoms with Crippen LogP contribution < -0.4 is 4.74 Å². The number of hydrogen-bond donors (Lipinski definition) is 0. The average Bonchev–Trinajstić information content (AvgIpc) is 2.88. The van der Waals surface area contributed by atoms with Crippen LogP contribution in [0.1, 0.15) is 12.5 Å². The standard InChI is InChI=1S/C15H12F3N3O/c1-2-21-9-19-12-8-11(15(16,17)18)14(20-13(12)21)22-10-6-4-3-5-7-10/h3-9H,2H2,1H3. The number of aromatic nitrogens is 3. The molecule has 0 aliphatic carbocycles. The van der Waals surface area contributed by atoms with Crippen molar-refractivity contribution in [1.82, 2.24) is 14.5 Å². The molecule has 0 fully saturated rings. The summed E-state index contributed by atoms with van der Waals surface area (Å²) in [5.41, 5.74) is -0.388. The molecule has 1 aromatic carbocycles. The summed E-state index contributed by atoms with van der Waals surface area (Å²) < 4.78 is 46.6. The maximum Gasteiger partial charge on any atom is 0.421 e. The van der Waals surface area contributed by atoms with E-state index in [0.717, 1.165) is 6.07 Å². The largest absolute Gasteiger partial charge is 0.438 e. The molecule has 0 saturated carbocycles. The molecule has 0 bridgehead atoms. The topological polar surface area (TPSA) is 39.9 Å². The Balaban J connectivity index is 2.16. The summed E-state index contributed by atoms with van der Waals surface area (Å²) in [5.74, 6) is -0.177. The highest BCUT2D eigenvalue weighted by Gasteiger charge is 2.36. The first-order valence-electron chi connectivity index (χ1n) is 6.65. The third-order valence-corrected chi connectivity index (χ3v) is 3.16. The Labute approximate surface area is 124 Å². The summed E-state index contributed by atoms with van der Waals surface area (Å²) in [6.07, 6.45) is -3.11. The lowest BCUT2D eigenvalue weighted by Crippen LogP contribution is -2.09. The average molecular weight is 307 g/mol. The first kappa shape index (κ1) is 14.4. The normalized spacial score (nSPS) is 11.8. The van der Waals surface area contributed by atoms with Crippen LogP contribution in [0.15, 0.2) is 42.7 Å². The Hall–Kier alpha value is -2.57. The van der Waals surface area contributed by atoms with Crippen molar-refractivity contribution in [2.75, 3.05) is 0 Å². The SMILES string of the molecule is CCn1cnc2cc(C(F)(F)F)c(Oc3ccccc3)nc21. The van der Waals surface area contributed by atoms with Crippen LogP contribution in [0.5, 0.6) is 11.6 Å². The predicted octanol–water partition coefficient (Wildman–Crippen LogP) is 4.26. The summed E-state index contributed by atoms with van der Waals surface area (Å²) in [6.45, 7) is 2.41. The molecule has 0 aliphatic heterocycles. The van der Waals surface area contributed by atoms with Crippen molar-refractivity contribution in [3.05, 3.63) is 48.3 Å². The molecule has 0 aliphatic rings. The highest BCUT2D eigenvalue weighted by Crippen LogP contribution is 2.38. The number of pyridine rings is 1. The van der Waals surface area contributed by atoms with Gasteiger partial charge in [-0.3, -0.25) is 0 Å². The molecule has 3 rings (SSSR count). The minimum absolute atomic E-state index is 0.189. The van der Waals surface area contributed by atoms with Gasteiger partial charge < -0.3 is 9.30 Å². The summed E-state index contributed by atoms with van der Waals surface area (Å²) >= 11 is 0. The maximum absolute atomic E-state index is 13.2. The molecule has 0 amide bonds. The first-order valence-corrected chi connectivity index (χ1v) is 6.65. The number of benzene rings is 1. The summed E-state index contributed by atoms with van der Waals surface area (Å²) in [6, 6.07) is 9.22. The molecule has 0 atom stereocenters. The Morgan fingerprint density at radius 3 is 2.55 bits per heavy atom. The number of alkyl halides is 3. The van der Waals surface area contributed by atoms with Crippen LogP contribution in [-0.2, 0) is 12.7 Å². The van der Waals surface area contributed by atoms with Gasteiger partial charge in [-0.15, -0.1) is 0 Å². The van der Waals surface area contributed by atoms with E-state index in [0.29, 0.717) is 17.9 Å². The maximum atomic E-state index is 13.2. The molecule has 114 valence electrons. The third kappa shape index (κ3) is 2.61. The van der Waals surface area contributed by atoms with Crippen molar-refractivity contribution in [2.45, 2.75) is 19.6 Å². The minimum atomic E-state index is -4.57. The van der Waals surface area contributed by atoms with Crippen LogP contribution in [0.4, 0.5) is 13.2 Å². The van der Waals surface area contributed by atoms with Gasteiger partial charge in [0.25, 0.3) is 0 Å². The number of hydrogen-bond acceptors (Lipinski definition) is 3. The third-order valence-electron chi connectivity index (χ3n) is 3.16. The lowest BCUT2D eigenvalue weighted by molar-refractivity contribution is -0.138. The van der Waals surface area contributed by atoms with Gasteiger partial charge >= 0.3 is 6.18 Å². The number of imidazole rings is 1. The van der Waals surface area contributed by atoms with Gasteiger partial charge in [-0.25, -0.2) is 4.98 Å². The minimum Gasteiger partial charge on any atom is -0.438 e. The molecule has 0 radical (unpaired) electrons. The number of fused-ring (bicyclic) bond motifs is 1. The zero-order valence-corrected chi connectivity index (χ0v) is 11.6. The Morgan fingerprint density at radius 1 is 1.18 bits per heavy atom. The fourth-order valence-electron chi connectivity index (χ4n) is 2.08. The molecule has 4 nitrogen and oxygen atoms in total. The van der Waals surface area contributed by atoms with Crippen LogP contribution in [0, 0.1) is 0 Å². The Kier molecular flexibility index (Phi) is 3.48. The molecule has 0 N–H and O–H groups in total. The van der Waals surface area contributed by atoms with E-state index in [1.807, 2.05) is 6.92 Å². The quantitative estimate of drug-likeness (QED) is 0.726. The Morgan fingerprint density at radius 2 is 1.91 bits per heavy atom. The summed E-state index contributed by atoms with van der Waals surface area (Å²) in [5, 5.41) is 0. The van der Waals surface area contributed by atoms with Crippen LogP contribution >= 0.6 is 0 Å². The van der Waals surface area contributed by atoms with Crippen LogP contribution in [0.3, 0.4) is 0 Å². The fraction of sp³-hybridized carbons (Fsp3) is 0.200. The van der Waals surface area contributed by atoms with E-state index < -0.39 is 17.6 Å². The first-order chi connectivity index (χ1) is 10.5. The van der Waals surface area contributed by atoms with E-state index in [9.17, 15) is 13.2 Å². The van der Waals surface area contributed by atoms with Crippen molar-refractivity contribution < 1.29 is 17.9 Å². The van der Waals surface area contributed by atoms with E-state index in [1.165, 1.54) is 6.33 Å². The second-order valence-electron chi connectivity index (χ2n) is 4.63. The molecule has 2 aromatic heterocycles. The molecular weight excluding hydrogens is 295 g/mol. The zero-order valence-electron chi connectivity index (χ0n) is 11.6. The van der Waals surface area contributed by atoms with E-state index in [2.05, 4.69) is 9.97 Å². The lowest BCUT2D eigenvalue weighted by atomic mass is 10.2. The summed E-state index contributed by atoms with van der Waals surface area (Å²) in [7, 11) is 0. The molecule has 3 aromatic rings. The second kappa shape index (κ2) is 5.32. The molecule has 7 heteroatoms. The molecule has 0 spiro atoms. The number of nitrogens with zero attached hydrogens (tertiary/aromatic N) is 3.